The zero-order valence-electron chi connectivity index (χ0n) is 14.9. The van der Waals surface area contributed by atoms with Crippen LogP contribution in [0.3, 0.4) is 0 Å². The average molecular weight is 319 g/mol. The topological polar surface area (TPSA) is 29.9 Å². The van der Waals surface area contributed by atoms with Crippen LogP contribution in [0.2, 0.25) is 0 Å². The molecule has 3 nitrogen and oxygen atoms in total. The number of aryl methyl sites for hydroxylation is 3. The van der Waals surface area contributed by atoms with E-state index in [1.165, 1.54) is 16.7 Å². The summed E-state index contributed by atoms with van der Waals surface area (Å²) in [7, 11) is 0. The molecular formula is C21H25N3. The molecule has 24 heavy (non-hydrogen) atoms. The van der Waals surface area contributed by atoms with E-state index < -0.39 is 0 Å². The number of nitrogens with zero attached hydrogens (tertiary/aromatic N) is 2. The lowest BCUT2D eigenvalue weighted by molar-refractivity contribution is 0.572. The summed E-state index contributed by atoms with van der Waals surface area (Å²) in [4.78, 5) is 0. The second-order valence-electron chi connectivity index (χ2n) is 6.46. The first-order chi connectivity index (χ1) is 11.5. The van der Waals surface area contributed by atoms with Crippen molar-refractivity contribution in [1.29, 1.82) is 0 Å². The fourth-order valence-electron chi connectivity index (χ4n) is 3.10. The summed E-state index contributed by atoms with van der Waals surface area (Å²) in [5.74, 6) is 0. The minimum absolute atomic E-state index is 0.335. The maximum atomic E-state index is 4.53. The Hall–Kier alpha value is -2.39. The first-order valence-electron chi connectivity index (χ1n) is 8.46. The molecule has 3 heteroatoms. The highest BCUT2D eigenvalue weighted by molar-refractivity contribution is 5.36. The molecule has 0 saturated carbocycles. The molecule has 0 saturated heterocycles. The van der Waals surface area contributed by atoms with Crippen molar-refractivity contribution in [3.8, 4) is 5.69 Å². The van der Waals surface area contributed by atoms with Crippen molar-refractivity contribution in [2.45, 2.75) is 40.3 Å². The third-order valence-electron chi connectivity index (χ3n) is 4.46. The van der Waals surface area contributed by atoms with Gasteiger partial charge in [-0.05, 0) is 62.6 Å². The molecule has 2 aromatic carbocycles. The number of nitrogens with one attached hydrogen (secondary N) is 1. The van der Waals surface area contributed by atoms with Crippen LogP contribution in [0.1, 0.15) is 41.0 Å². The van der Waals surface area contributed by atoms with Crippen LogP contribution in [0.4, 0.5) is 0 Å². The van der Waals surface area contributed by atoms with Gasteiger partial charge in [-0.15, -0.1) is 0 Å². The van der Waals surface area contributed by atoms with Crippen molar-refractivity contribution in [2.75, 3.05) is 0 Å². The SMILES string of the molecule is Cc1cc(C)n(-c2ccc(CNC(C)c3ccccc3C)cc2)n1. The normalized spacial score (nSPS) is 12.3. The van der Waals surface area contributed by atoms with Crippen molar-refractivity contribution in [2.24, 2.45) is 0 Å². The summed E-state index contributed by atoms with van der Waals surface area (Å²) in [5, 5.41) is 8.14. The van der Waals surface area contributed by atoms with Gasteiger partial charge in [0.05, 0.1) is 11.4 Å². The van der Waals surface area contributed by atoms with E-state index in [9.17, 15) is 0 Å². The Bertz CT molecular complexity index is 815. The van der Waals surface area contributed by atoms with Gasteiger partial charge in [0, 0.05) is 18.3 Å². The van der Waals surface area contributed by atoms with E-state index >= 15 is 0 Å². The molecule has 1 unspecified atom stereocenters. The summed E-state index contributed by atoms with van der Waals surface area (Å²) in [6.07, 6.45) is 0. The lowest BCUT2D eigenvalue weighted by Gasteiger charge is -2.16. The van der Waals surface area contributed by atoms with Crippen molar-refractivity contribution in [3.63, 3.8) is 0 Å². The maximum absolute atomic E-state index is 4.53. The zero-order valence-corrected chi connectivity index (χ0v) is 14.9. The largest absolute Gasteiger partial charge is 0.306 e. The Labute approximate surface area is 144 Å². The lowest BCUT2D eigenvalue weighted by atomic mass is 10.0. The number of hydrogen-bond donors (Lipinski definition) is 1. The van der Waals surface area contributed by atoms with Gasteiger partial charge in [0.2, 0.25) is 0 Å². The summed E-state index contributed by atoms with van der Waals surface area (Å²) in [5.41, 5.74) is 7.28. The molecule has 1 aromatic heterocycles. The number of hydrogen-bond acceptors (Lipinski definition) is 2. The molecule has 0 spiro atoms. The molecule has 3 aromatic rings. The van der Waals surface area contributed by atoms with Crippen LogP contribution in [0.25, 0.3) is 5.69 Å². The monoisotopic (exact) mass is 319 g/mol. The van der Waals surface area contributed by atoms with E-state index in [-0.39, 0.29) is 0 Å². The molecule has 0 aliphatic carbocycles. The standard InChI is InChI=1S/C21H25N3/c1-15-7-5-6-8-21(15)18(4)22-14-19-9-11-20(12-10-19)24-17(3)13-16(2)23-24/h5-13,18,22H,14H2,1-4H3. The molecule has 1 heterocycles. The van der Waals surface area contributed by atoms with E-state index in [1.807, 2.05) is 11.6 Å². The first kappa shape index (κ1) is 16.5. The molecule has 0 amide bonds. The van der Waals surface area contributed by atoms with E-state index in [0.717, 1.165) is 23.6 Å². The van der Waals surface area contributed by atoms with Gasteiger partial charge in [-0.1, -0.05) is 36.4 Å². The molecule has 3 rings (SSSR count). The molecule has 0 aliphatic rings. The summed E-state index contributed by atoms with van der Waals surface area (Å²) in [6, 6.07) is 19.6. The molecular weight excluding hydrogens is 294 g/mol. The fraction of sp³-hybridized carbons (Fsp3) is 0.286. The molecule has 0 bridgehead atoms. The Morgan fingerprint density at radius 3 is 2.33 bits per heavy atom. The van der Waals surface area contributed by atoms with E-state index in [4.69, 9.17) is 0 Å². The van der Waals surface area contributed by atoms with E-state index in [1.54, 1.807) is 0 Å². The summed E-state index contributed by atoms with van der Waals surface area (Å²) in [6.45, 7) is 9.34. The molecule has 1 atom stereocenters. The Morgan fingerprint density at radius 2 is 1.71 bits per heavy atom. The number of rotatable bonds is 5. The van der Waals surface area contributed by atoms with Gasteiger partial charge in [-0.2, -0.15) is 5.10 Å². The van der Waals surface area contributed by atoms with Crippen LogP contribution in [-0.2, 0) is 6.54 Å². The summed E-state index contributed by atoms with van der Waals surface area (Å²) < 4.78 is 1.99. The highest BCUT2D eigenvalue weighted by Crippen LogP contribution is 2.18. The first-order valence-corrected chi connectivity index (χ1v) is 8.46. The van der Waals surface area contributed by atoms with E-state index in [2.05, 4.69) is 85.8 Å². The Balaban J connectivity index is 1.66. The van der Waals surface area contributed by atoms with Crippen LogP contribution in [0.15, 0.2) is 54.6 Å². The van der Waals surface area contributed by atoms with Crippen LogP contribution < -0.4 is 5.32 Å². The molecule has 124 valence electrons. The van der Waals surface area contributed by atoms with Crippen LogP contribution in [-0.4, -0.2) is 9.78 Å². The highest BCUT2D eigenvalue weighted by atomic mass is 15.3. The lowest BCUT2D eigenvalue weighted by Crippen LogP contribution is -2.18. The third-order valence-corrected chi connectivity index (χ3v) is 4.46. The van der Waals surface area contributed by atoms with Gasteiger partial charge < -0.3 is 5.32 Å². The molecule has 0 aliphatic heterocycles. The van der Waals surface area contributed by atoms with Crippen molar-refractivity contribution in [1.82, 2.24) is 15.1 Å². The second-order valence-corrected chi connectivity index (χ2v) is 6.46. The van der Waals surface area contributed by atoms with Crippen molar-refractivity contribution < 1.29 is 0 Å². The van der Waals surface area contributed by atoms with Crippen molar-refractivity contribution >= 4 is 0 Å². The zero-order chi connectivity index (χ0) is 17.1. The fourth-order valence-corrected chi connectivity index (χ4v) is 3.10. The minimum atomic E-state index is 0.335. The quantitative estimate of drug-likeness (QED) is 0.742. The maximum Gasteiger partial charge on any atom is 0.0648 e. The van der Waals surface area contributed by atoms with Gasteiger partial charge in [0.25, 0.3) is 0 Å². The average Bonchev–Trinajstić information content (AvgIpc) is 2.92. The predicted octanol–water partition coefficient (Wildman–Crippen LogP) is 4.65. The van der Waals surface area contributed by atoms with Crippen LogP contribution in [0, 0.1) is 20.8 Å². The van der Waals surface area contributed by atoms with E-state index in [0.29, 0.717) is 6.04 Å². The highest BCUT2D eigenvalue weighted by Gasteiger charge is 2.08. The molecule has 1 N–H and O–H groups in total. The molecule has 0 radical (unpaired) electrons. The van der Waals surface area contributed by atoms with Crippen LogP contribution >= 0.6 is 0 Å². The Morgan fingerprint density at radius 1 is 1.00 bits per heavy atom. The van der Waals surface area contributed by atoms with Gasteiger partial charge >= 0.3 is 0 Å². The van der Waals surface area contributed by atoms with Crippen molar-refractivity contribution in [3.05, 3.63) is 82.7 Å². The minimum Gasteiger partial charge on any atom is -0.306 e. The van der Waals surface area contributed by atoms with Gasteiger partial charge in [0.1, 0.15) is 0 Å². The van der Waals surface area contributed by atoms with Crippen LogP contribution in [0.5, 0.6) is 0 Å². The number of benzene rings is 2. The summed E-state index contributed by atoms with van der Waals surface area (Å²) >= 11 is 0. The van der Waals surface area contributed by atoms with Gasteiger partial charge in [-0.3, -0.25) is 0 Å². The third kappa shape index (κ3) is 3.57. The predicted molar refractivity (Wildman–Crippen MR) is 99.5 cm³/mol. The van der Waals surface area contributed by atoms with Gasteiger partial charge in [0.15, 0.2) is 0 Å². The molecule has 0 fully saturated rings. The smallest absolute Gasteiger partial charge is 0.0648 e. The number of aromatic nitrogens is 2. The second kappa shape index (κ2) is 7.02. The Kier molecular flexibility index (Phi) is 4.81. The van der Waals surface area contributed by atoms with Gasteiger partial charge in [-0.25, -0.2) is 4.68 Å².